The molecule has 0 spiro atoms. The van der Waals surface area contributed by atoms with Gasteiger partial charge >= 0.3 is 5.97 Å². The molecule has 138 valence electrons. The van der Waals surface area contributed by atoms with Crippen molar-refractivity contribution in [3.63, 3.8) is 0 Å². The van der Waals surface area contributed by atoms with Crippen LogP contribution in [0.1, 0.15) is 17.0 Å². The van der Waals surface area contributed by atoms with E-state index in [-0.39, 0.29) is 10.1 Å². The van der Waals surface area contributed by atoms with Gasteiger partial charge in [-0.2, -0.15) is 0 Å². The Labute approximate surface area is 164 Å². The van der Waals surface area contributed by atoms with E-state index in [0.29, 0.717) is 28.8 Å². The molecule has 0 atom stereocenters. The summed E-state index contributed by atoms with van der Waals surface area (Å²) in [5.74, 6) is -0.161. The van der Waals surface area contributed by atoms with Crippen molar-refractivity contribution in [2.24, 2.45) is 0 Å². The number of carbonyl (C=O) groups is 1. The predicted molar refractivity (Wildman–Crippen MR) is 103 cm³/mol. The van der Waals surface area contributed by atoms with Crippen LogP contribution in [0.25, 0.3) is 6.08 Å². The van der Waals surface area contributed by atoms with Gasteiger partial charge in [-0.3, -0.25) is 0 Å². The van der Waals surface area contributed by atoms with E-state index >= 15 is 0 Å². The number of carboxylic acid groups (broad SMARTS) is 1. The monoisotopic (exact) mass is 402 g/mol. The molecule has 1 N–H and O–H groups in total. The molecule has 0 radical (unpaired) electrons. The van der Waals surface area contributed by atoms with Crippen LogP contribution in [0.3, 0.4) is 0 Å². The maximum Gasteiger partial charge on any atom is 0.342 e. The van der Waals surface area contributed by atoms with Gasteiger partial charge in [-0.1, -0.05) is 41.9 Å². The molecule has 0 saturated heterocycles. The smallest absolute Gasteiger partial charge is 0.342 e. The van der Waals surface area contributed by atoms with Gasteiger partial charge in [-0.05, 0) is 41.6 Å². The fraction of sp³-hybridized carbons (Fsp3) is 0.105. The molecule has 0 aliphatic rings. The molecule has 3 rings (SSSR count). The highest BCUT2D eigenvalue weighted by Crippen LogP contribution is 2.30. The summed E-state index contributed by atoms with van der Waals surface area (Å²) in [6.45, 7) is 1.97. The van der Waals surface area contributed by atoms with Gasteiger partial charge in [0, 0.05) is 17.5 Å². The van der Waals surface area contributed by atoms with E-state index in [9.17, 15) is 9.90 Å². The molecular formula is C19H15ClN2O4S. The predicted octanol–water partition coefficient (Wildman–Crippen LogP) is 4.83. The van der Waals surface area contributed by atoms with Crippen molar-refractivity contribution >= 4 is 35.4 Å². The van der Waals surface area contributed by atoms with E-state index < -0.39 is 5.97 Å². The largest absolute Gasteiger partial charge is 0.488 e. The van der Waals surface area contributed by atoms with Crippen LogP contribution in [0.15, 0.2) is 63.1 Å². The van der Waals surface area contributed by atoms with Crippen molar-refractivity contribution in [2.75, 3.05) is 0 Å². The van der Waals surface area contributed by atoms with Crippen molar-refractivity contribution in [3.8, 4) is 5.75 Å². The highest BCUT2D eigenvalue weighted by atomic mass is 35.5. The molecule has 27 heavy (non-hydrogen) atoms. The van der Waals surface area contributed by atoms with E-state index in [0.717, 1.165) is 17.3 Å². The van der Waals surface area contributed by atoms with E-state index in [1.54, 1.807) is 31.2 Å². The Morgan fingerprint density at radius 1 is 1.22 bits per heavy atom. The summed E-state index contributed by atoms with van der Waals surface area (Å²) in [7, 11) is 0. The Morgan fingerprint density at radius 3 is 2.63 bits per heavy atom. The Balaban J connectivity index is 1.81. The zero-order chi connectivity index (χ0) is 19.2. The summed E-state index contributed by atoms with van der Waals surface area (Å²) < 4.78 is 11.1. The van der Waals surface area contributed by atoms with Crippen LogP contribution in [0, 0.1) is 6.92 Å². The van der Waals surface area contributed by atoms with Crippen molar-refractivity contribution in [2.45, 2.75) is 18.8 Å². The number of halogens is 1. The number of aromatic nitrogens is 2. The number of para-hydroxylation sites is 1. The van der Waals surface area contributed by atoms with Crippen LogP contribution in [0.2, 0.25) is 5.02 Å². The zero-order valence-corrected chi connectivity index (χ0v) is 15.8. The minimum absolute atomic E-state index is 0.0428. The second-order valence-electron chi connectivity index (χ2n) is 5.46. The average molecular weight is 403 g/mol. The fourth-order valence-corrected chi connectivity index (χ4v) is 2.99. The Bertz CT molecular complexity index is 970. The quantitative estimate of drug-likeness (QED) is 0.447. The van der Waals surface area contributed by atoms with Crippen molar-refractivity contribution in [3.05, 3.63) is 75.5 Å². The fourth-order valence-electron chi connectivity index (χ4n) is 2.16. The highest BCUT2D eigenvalue weighted by Gasteiger charge is 2.15. The first kappa shape index (κ1) is 19.0. The first-order chi connectivity index (χ1) is 13.0. The van der Waals surface area contributed by atoms with Crippen LogP contribution in [0.4, 0.5) is 0 Å². The van der Waals surface area contributed by atoms with Crippen LogP contribution < -0.4 is 4.74 Å². The standard InChI is InChI=1S/C19H15ClN2O4S/c1-12-21-22-19(26-12)27-17(18(23)24)10-14-4-2-3-5-16(14)25-11-13-6-8-15(20)9-7-13/h2-10H,11H2,1H3,(H,23,24)/b17-10+. The number of ether oxygens (including phenoxy) is 1. The molecule has 0 saturated carbocycles. The molecule has 0 unspecified atom stereocenters. The molecule has 0 amide bonds. The first-order valence-corrected chi connectivity index (χ1v) is 9.10. The number of aliphatic carboxylic acids is 1. The summed E-state index contributed by atoms with van der Waals surface area (Å²) >= 11 is 6.77. The average Bonchev–Trinajstić information content (AvgIpc) is 3.06. The maximum absolute atomic E-state index is 11.6. The number of benzene rings is 2. The number of rotatable bonds is 7. The number of carboxylic acids is 1. The Kier molecular flexibility index (Phi) is 6.16. The molecule has 3 aromatic rings. The minimum Gasteiger partial charge on any atom is -0.488 e. The van der Waals surface area contributed by atoms with Crippen LogP contribution in [-0.2, 0) is 11.4 Å². The van der Waals surface area contributed by atoms with Gasteiger partial charge in [-0.25, -0.2) is 4.79 Å². The second-order valence-corrected chi connectivity index (χ2v) is 6.89. The lowest BCUT2D eigenvalue weighted by Gasteiger charge is -2.10. The number of aryl methyl sites for hydroxylation is 1. The lowest BCUT2D eigenvalue weighted by molar-refractivity contribution is -0.131. The highest BCUT2D eigenvalue weighted by molar-refractivity contribution is 8.03. The van der Waals surface area contributed by atoms with Gasteiger partial charge in [0.05, 0.1) is 0 Å². The van der Waals surface area contributed by atoms with E-state index in [4.69, 9.17) is 20.8 Å². The molecular weight excluding hydrogens is 388 g/mol. The molecule has 1 aromatic heterocycles. The van der Waals surface area contributed by atoms with Gasteiger partial charge in [-0.15, -0.1) is 10.2 Å². The summed E-state index contributed by atoms with van der Waals surface area (Å²) in [5, 5.41) is 17.8. The second kappa shape index (κ2) is 8.75. The normalized spacial score (nSPS) is 11.4. The van der Waals surface area contributed by atoms with Crippen molar-refractivity contribution < 1.29 is 19.1 Å². The third kappa shape index (κ3) is 5.35. The third-order valence-electron chi connectivity index (χ3n) is 3.43. The lowest BCUT2D eigenvalue weighted by Crippen LogP contribution is -1.99. The summed E-state index contributed by atoms with van der Waals surface area (Å²) in [6, 6.07) is 14.5. The third-order valence-corrected chi connectivity index (χ3v) is 4.53. The molecule has 0 bridgehead atoms. The summed E-state index contributed by atoms with van der Waals surface area (Å²) in [6.07, 6.45) is 1.52. The van der Waals surface area contributed by atoms with Gasteiger partial charge in [0.15, 0.2) is 0 Å². The molecule has 0 fully saturated rings. The lowest BCUT2D eigenvalue weighted by atomic mass is 10.2. The molecule has 0 aliphatic carbocycles. The summed E-state index contributed by atoms with van der Waals surface area (Å²) in [5.41, 5.74) is 1.58. The maximum atomic E-state index is 11.6. The minimum atomic E-state index is -1.09. The first-order valence-electron chi connectivity index (χ1n) is 7.90. The number of nitrogens with zero attached hydrogens (tertiary/aromatic N) is 2. The molecule has 2 aromatic carbocycles. The van der Waals surface area contributed by atoms with Crippen molar-refractivity contribution in [1.29, 1.82) is 0 Å². The van der Waals surface area contributed by atoms with Gasteiger partial charge < -0.3 is 14.3 Å². The SMILES string of the molecule is Cc1nnc(S/C(=C/c2ccccc2OCc2ccc(Cl)cc2)C(=O)O)o1. The Morgan fingerprint density at radius 2 is 1.96 bits per heavy atom. The van der Waals surface area contributed by atoms with Crippen LogP contribution >= 0.6 is 23.4 Å². The van der Waals surface area contributed by atoms with Crippen LogP contribution in [-0.4, -0.2) is 21.3 Å². The van der Waals surface area contributed by atoms with Gasteiger partial charge in [0.25, 0.3) is 5.22 Å². The van der Waals surface area contributed by atoms with Crippen LogP contribution in [0.5, 0.6) is 5.75 Å². The van der Waals surface area contributed by atoms with E-state index in [1.807, 2.05) is 24.3 Å². The molecule has 0 aliphatic heterocycles. The van der Waals surface area contributed by atoms with E-state index in [1.165, 1.54) is 6.08 Å². The summed E-state index contributed by atoms with van der Waals surface area (Å²) in [4.78, 5) is 11.6. The molecule has 1 heterocycles. The number of thioether (sulfide) groups is 1. The molecule has 8 heteroatoms. The van der Waals surface area contributed by atoms with Crippen molar-refractivity contribution in [1.82, 2.24) is 10.2 Å². The van der Waals surface area contributed by atoms with Gasteiger partial charge in [0.2, 0.25) is 5.89 Å². The number of hydrogen-bond acceptors (Lipinski definition) is 6. The van der Waals surface area contributed by atoms with E-state index in [2.05, 4.69) is 10.2 Å². The zero-order valence-electron chi connectivity index (χ0n) is 14.3. The van der Waals surface area contributed by atoms with Gasteiger partial charge in [0.1, 0.15) is 17.3 Å². The topological polar surface area (TPSA) is 85.5 Å². The molecule has 6 nitrogen and oxygen atoms in total. The Hall–Kier alpha value is -2.77. The number of hydrogen-bond donors (Lipinski definition) is 1.